The van der Waals surface area contributed by atoms with Gasteiger partial charge in [0, 0.05) is 6.20 Å². The Balaban J connectivity index is 1.74. The van der Waals surface area contributed by atoms with Crippen molar-refractivity contribution in [1.29, 1.82) is 0 Å². The fourth-order valence-electron chi connectivity index (χ4n) is 2.83. The molecule has 5 heteroatoms. The smallest absolute Gasteiger partial charge is 0.229 e. The van der Waals surface area contributed by atoms with E-state index < -0.39 is 0 Å². The van der Waals surface area contributed by atoms with E-state index in [1.807, 2.05) is 54.7 Å². The van der Waals surface area contributed by atoms with Gasteiger partial charge in [0.15, 0.2) is 0 Å². The Hall–Kier alpha value is -3.08. The van der Waals surface area contributed by atoms with Gasteiger partial charge in [0.1, 0.15) is 5.75 Å². The van der Waals surface area contributed by atoms with Crippen LogP contribution in [0.25, 0.3) is 5.69 Å². The molecule has 3 aromatic rings. The monoisotopic (exact) mass is 363 g/mol. The molecule has 0 bridgehead atoms. The van der Waals surface area contributed by atoms with Crippen LogP contribution < -0.4 is 10.1 Å². The summed E-state index contributed by atoms with van der Waals surface area (Å²) in [5, 5.41) is 7.31. The molecule has 1 heterocycles. The summed E-state index contributed by atoms with van der Waals surface area (Å²) < 4.78 is 7.16. The van der Waals surface area contributed by atoms with Gasteiger partial charge in [0.05, 0.1) is 31.1 Å². The third-order valence-corrected chi connectivity index (χ3v) is 4.36. The van der Waals surface area contributed by atoms with Gasteiger partial charge < -0.3 is 10.1 Å². The minimum Gasteiger partial charge on any atom is -0.495 e. The van der Waals surface area contributed by atoms with Crippen molar-refractivity contribution in [3.63, 3.8) is 0 Å². The molecule has 0 saturated heterocycles. The SMILES string of the molecule is COc1ccc(C(C)(C)C)cc1NC(=O)Cc1cnn(-c2ccccc2)c1. The molecule has 1 aromatic heterocycles. The number of rotatable bonds is 5. The van der Waals surface area contributed by atoms with Gasteiger partial charge in [-0.2, -0.15) is 5.10 Å². The number of nitrogens with zero attached hydrogens (tertiary/aromatic N) is 2. The molecule has 0 spiro atoms. The molecule has 1 N–H and O–H groups in total. The lowest BCUT2D eigenvalue weighted by Gasteiger charge is -2.21. The maximum atomic E-state index is 12.6. The molecule has 140 valence electrons. The van der Waals surface area contributed by atoms with Crippen molar-refractivity contribution in [2.45, 2.75) is 32.6 Å². The van der Waals surface area contributed by atoms with Gasteiger partial charge in [-0.25, -0.2) is 4.68 Å². The molecule has 0 aliphatic heterocycles. The van der Waals surface area contributed by atoms with Gasteiger partial charge >= 0.3 is 0 Å². The van der Waals surface area contributed by atoms with Crippen LogP contribution in [0.1, 0.15) is 31.9 Å². The third-order valence-electron chi connectivity index (χ3n) is 4.36. The molecule has 0 saturated carbocycles. The number of amides is 1. The van der Waals surface area contributed by atoms with E-state index in [9.17, 15) is 4.79 Å². The van der Waals surface area contributed by atoms with Crippen LogP contribution in [0, 0.1) is 0 Å². The highest BCUT2D eigenvalue weighted by molar-refractivity contribution is 5.93. The number of ether oxygens (including phenoxy) is 1. The lowest BCUT2D eigenvalue weighted by atomic mass is 9.87. The summed E-state index contributed by atoms with van der Waals surface area (Å²) in [7, 11) is 1.60. The average molecular weight is 363 g/mol. The number of hydrogen-bond acceptors (Lipinski definition) is 3. The van der Waals surface area contributed by atoms with Crippen molar-refractivity contribution in [1.82, 2.24) is 9.78 Å². The van der Waals surface area contributed by atoms with Gasteiger partial charge in [-0.05, 0) is 40.8 Å². The second-order valence-corrected chi connectivity index (χ2v) is 7.52. The van der Waals surface area contributed by atoms with E-state index >= 15 is 0 Å². The largest absolute Gasteiger partial charge is 0.495 e. The van der Waals surface area contributed by atoms with Crippen molar-refractivity contribution >= 4 is 11.6 Å². The minimum absolute atomic E-state index is 0.0113. The molecule has 0 atom stereocenters. The Kier molecular flexibility index (Phi) is 5.31. The van der Waals surface area contributed by atoms with Crippen LogP contribution in [-0.2, 0) is 16.6 Å². The molecule has 2 aromatic carbocycles. The molecule has 0 aliphatic rings. The molecule has 5 nitrogen and oxygen atoms in total. The van der Waals surface area contributed by atoms with E-state index in [4.69, 9.17) is 4.74 Å². The predicted octanol–water partition coefficient (Wildman–Crippen LogP) is 4.36. The summed E-state index contributed by atoms with van der Waals surface area (Å²) >= 11 is 0. The first-order valence-electron chi connectivity index (χ1n) is 8.94. The number of hydrogen-bond donors (Lipinski definition) is 1. The topological polar surface area (TPSA) is 56.1 Å². The van der Waals surface area contributed by atoms with Crippen molar-refractivity contribution in [3.05, 3.63) is 72.1 Å². The molecular weight excluding hydrogens is 338 g/mol. The van der Waals surface area contributed by atoms with Gasteiger partial charge in [0.2, 0.25) is 5.91 Å². The van der Waals surface area contributed by atoms with Gasteiger partial charge in [-0.15, -0.1) is 0 Å². The maximum Gasteiger partial charge on any atom is 0.229 e. The molecular formula is C22H25N3O2. The molecule has 0 fully saturated rings. The number of nitrogens with one attached hydrogen (secondary N) is 1. The molecule has 3 rings (SSSR count). The van der Waals surface area contributed by atoms with Crippen molar-refractivity contribution in [3.8, 4) is 11.4 Å². The first kappa shape index (κ1) is 18.7. The third kappa shape index (κ3) is 4.56. The minimum atomic E-state index is -0.105. The molecule has 0 aliphatic carbocycles. The van der Waals surface area contributed by atoms with Crippen molar-refractivity contribution in [2.75, 3.05) is 12.4 Å². The zero-order valence-corrected chi connectivity index (χ0v) is 16.2. The van der Waals surface area contributed by atoms with Crippen LogP contribution in [0.5, 0.6) is 5.75 Å². The van der Waals surface area contributed by atoms with Crippen molar-refractivity contribution < 1.29 is 9.53 Å². The number of benzene rings is 2. The van der Waals surface area contributed by atoms with Crippen LogP contribution >= 0.6 is 0 Å². The van der Waals surface area contributed by atoms with E-state index in [0.717, 1.165) is 16.8 Å². The zero-order valence-electron chi connectivity index (χ0n) is 16.2. The number of anilines is 1. The first-order chi connectivity index (χ1) is 12.9. The fourth-order valence-corrected chi connectivity index (χ4v) is 2.83. The van der Waals surface area contributed by atoms with E-state index in [2.05, 4.69) is 31.2 Å². The molecule has 0 unspecified atom stereocenters. The van der Waals surface area contributed by atoms with Crippen LogP contribution in [-0.4, -0.2) is 22.8 Å². The molecule has 27 heavy (non-hydrogen) atoms. The summed E-state index contributed by atoms with van der Waals surface area (Å²) in [4.78, 5) is 12.6. The first-order valence-corrected chi connectivity index (χ1v) is 8.94. The fraction of sp³-hybridized carbons (Fsp3) is 0.273. The second-order valence-electron chi connectivity index (χ2n) is 7.52. The van der Waals surface area contributed by atoms with E-state index in [-0.39, 0.29) is 17.7 Å². The maximum absolute atomic E-state index is 12.6. The summed E-state index contributed by atoms with van der Waals surface area (Å²) in [5.74, 6) is 0.545. The standard InChI is InChI=1S/C22H25N3O2/c1-22(2,3)17-10-11-20(27-4)19(13-17)24-21(26)12-16-14-23-25(15-16)18-8-6-5-7-9-18/h5-11,13-15H,12H2,1-4H3,(H,24,26). The number of aromatic nitrogens is 2. The molecule has 0 radical (unpaired) electrons. The Morgan fingerprint density at radius 3 is 2.56 bits per heavy atom. The molecule has 1 amide bonds. The Morgan fingerprint density at radius 1 is 1.15 bits per heavy atom. The zero-order chi connectivity index (χ0) is 19.4. The van der Waals surface area contributed by atoms with Crippen molar-refractivity contribution in [2.24, 2.45) is 0 Å². The highest BCUT2D eigenvalue weighted by Crippen LogP contribution is 2.31. The highest BCUT2D eigenvalue weighted by atomic mass is 16.5. The lowest BCUT2D eigenvalue weighted by Crippen LogP contribution is -2.17. The van der Waals surface area contributed by atoms with Crippen LogP contribution in [0.3, 0.4) is 0 Å². The highest BCUT2D eigenvalue weighted by Gasteiger charge is 2.17. The van der Waals surface area contributed by atoms with Gasteiger partial charge in [0.25, 0.3) is 0 Å². The second kappa shape index (κ2) is 7.66. The number of carbonyl (C=O) groups excluding carboxylic acids is 1. The average Bonchev–Trinajstić information content (AvgIpc) is 3.10. The Morgan fingerprint density at radius 2 is 1.89 bits per heavy atom. The summed E-state index contributed by atoms with van der Waals surface area (Å²) in [6.07, 6.45) is 3.84. The predicted molar refractivity (Wildman–Crippen MR) is 108 cm³/mol. The Labute approximate surface area is 160 Å². The number of para-hydroxylation sites is 1. The van der Waals surface area contributed by atoms with Gasteiger partial charge in [-0.1, -0.05) is 45.0 Å². The number of carbonyl (C=O) groups is 1. The van der Waals surface area contributed by atoms with Crippen LogP contribution in [0.4, 0.5) is 5.69 Å². The Bertz CT molecular complexity index is 924. The summed E-state index contributed by atoms with van der Waals surface area (Å²) in [6, 6.07) is 15.7. The van der Waals surface area contributed by atoms with E-state index in [1.165, 1.54) is 0 Å². The van der Waals surface area contributed by atoms with Crippen LogP contribution in [0.15, 0.2) is 60.9 Å². The quantitative estimate of drug-likeness (QED) is 0.733. The normalized spacial score (nSPS) is 11.3. The van der Waals surface area contributed by atoms with Crippen LogP contribution in [0.2, 0.25) is 0 Å². The van der Waals surface area contributed by atoms with E-state index in [1.54, 1.807) is 18.0 Å². The summed E-state index contributed by atoms with van der Waals surface area (Å²) in [5.41, 5.74) is 3.62. The van der Waals surface area contributed by atoms with Gasteiger partial charge in [-0.3, -0.25) is 4.79 Å². The summed E-state index contributed by atoms with van der Waals surface area (Å²) in [6.45, 7) is 6.41. The van der Waals surface area contributed by atoms with E-state index in [0.29, 0.717) is 11.4 Å². The number of methoxy groups -OCH3 is 1. The lowest BCUT2D eigenvalue weighted by molar-refractivity contribution is -0.115.